The predicted octanol–water partition coefficient (Wildman–Crippen LogP) is 4.72. The Labute approximate surface area is 125 Å². The fourth-order valence-electron chi connectivity index (χ4n) is 2.19. The molecule has 1 aromatic heterocycles. The highest BCUT2D eigenvalue weighted by Crippen LogP contribution is 2.29. The van der Waals surface area contributed by atoms with Crippen LogP contribution in [0.4, 0.5) is 0 Å². The lowest BCUT2D eigenvalue weighted by Crippen LogP contribution is -2.13. The number of furan rings is 1. The molecule has 0 spiro atoms. The van der Waals surface area contributed by atoms with Gasteiger partial charge in [0.1, 0.15) is 11.2 Å². The first-order chi connectivity index (χ1) is 11.9. The summed E-state index contributed by atoms with van der Waals surface area (Å²) in [5, 5.41) is 4.93. The third kappa shape index (κ3) is 2.21. The molecule has 0 saturated heterocycles. The first kappa shape index (κ1) is 7.95. The maximum absolute atomic E-state index is 7.61. The molecular formula is C18H17NO. The quantitative estimate of drug-likeness (QED) is 0.692. The molecule has 0 unspecified atom stereocenters. The van der Waals surface area contributed by atoms with E-state index in [0.29, 0.717) is 11.3 Å². The molecule has 0 aliphatic carbocycles. The van der Waals surface area contributed by atoms with Crippen LogP contribution in [0, 0.1) is 0 Å². The SMILES string of the molecule is [2H]C=C(NCC(=C[2H])C([2H])([2H])[2H])c1ccc2c(c1)oc1ccccc12. The van der Waals surface area contributed by atoms with E-state index in [-0.39, 0.29) is 12.1 Å². The molecule has 3 aromatic rings. The molecule has 100 valence electrons. The average molecular weight is 268 g/mol. The minimum Gasteiger partial charge on any atom is -0.456 e. The maximum atomic E-state index is 7.61. The first-order valence-corrected chi connectivity index (χ1v) is 6.26. The van der Waals surface area contributed by atoms with Crippen molar-refractivity contribution < 1.29 is 11.3 Å². The predicted molar refractivity (Wildman–Crippen MR) is 85.6 cm³/mol. The summed E-state index contributed by atoms with van der Waals surface area (Å²) in [6, 6.07) is 13.3. The lowest BCUT2D eigenvalue weighted by atomic mass is 10.1. The lowest BCUT2D eigenvalue weighted by Gasteiger charge is -2.09. The average Bonchev–Trinajstić information content (AvgIpc) is 2.95. The van der Waals surface area contributed by atoms with Gasteiger partial charge >= 0.3 is 0 Å². The van der Waals surface area contributed by atoms with Crippen molar-refractivity contribution in [2.75, 3.05) is 6.54 Å². The second-order valence-electron chi connectivity index (χ2n) is 4.60. The fourth-order valence-corrected chi connectivity index (χ4v) is 2.19. The van der Waals surface area contributed by atoms with E-state index in [4.69, 9.17) is 11.3 Å². The van der Waals surface area contributed by atoms with Crippen LogP contribution >= 0.6 is 0 Å². The Balaban J connectivity index is 1.90. The number of benzene rings is 2. The smallest absolute Gasteiger partial charge is 0.136 e. The van der Waals surface area contributed by atoms with Crippen molar-refractivity contribution in [3.05, 3.63) is 66.7 Å². The third-order valence-electron chi connectivity index (χ3n) is 3.16. The van der Waals surface area contributed by atoms with Crippen molar-refractivity contribution in [1.82, 2.24) is 5.32 Å². The summed E-state index contributed by atoms with van der Waals surface area (Å²) in [6.07, 6.45) is 0. The molecule has 2 aromatic carbocycles. The molecule has 1 N–H and O–H groups in total. The highest BCUT2D eigenvalue weighted by molar-refractivity contribution is 6.05. The van der Waals surface area contributed by atoms with Crippen molar-refractivity contribution in [2.24, 2.45) is 0 Å². The third-order valence-corrected chi connectivity index (χ3v) is 3.16. The highest BCUT2D eigenvalue weighted by Gasteiger charge is 2.07. The van der Waals surface area contributed by atoms with E-state index in [1.165, 1.54) is 0 Å². The molecule has 0 aliphatic heterocycles. The summed E-state index contributed by atoms with van der Waals surface area (Å²) in [5.41, 5.74) is 2.66. The number of para-hydroxylation sites is 1. The number of hydrogen-bond acceptors (Lipinski definition) is 2. The molecule has 0 radical (unpaired) electrons. The van der Waals surface area contributed by atoms with Crippen LogP contribution in [-0.4, -0.2) is 6.54 Å². The Morgan fingerprint density at radius 2 is 2.10 bits per heavy atom. The van der Waals surface area contributed by atoms with Gasteiger partial charge in [-0.05, 0) is 25.1 Å². The Kier molecular flexibility index (Phi) is 1.95. The summed E-state index contributed by atoms with van der Waals surface area (Å²) < 4.78 is 42.9. The molecular weight excluding hydrogens is 246 g/mol. The van der Waals surface area contributed by atoms with Crippen LogP contribution in [0.25, 0.3) is 27.6 Å². The van der Waals surface area contributed by atoms with Gasteiger partial charge in [0, 0.05) is 32.7 Å². The van der Waals surface area contributed by atoms with Crippen LogP contribution in [0.3, 0.4) is 0 Å². The fraction of sp³-hybridized carbons (Fsp3) is 0.111. The van der Waals surface area contributed by atoms with E-state index in [1.807, 2.05) is 42.5 Å². The van der Waals surface area contributed by atoms with Crippen LogP contribution in [0.15, 0.2) is 65.6 Å². The highest BCUT2D eigenvalue weighted by atomic mass is 16.3. The molecule has 2 nitrogen and oxygen atoms in total. The number of fused-ring (bicyclic) bond motifs is 3. The van der Waals surface area contributed by atoms with E-state index >= 15 is 0 Å². The summed E-state index contributed by atoms with van der Waals surface area (Å²) >= 11 is 0. The summed E-state index contributed by atoms with van der Waals surface area (Å²) in [4.78, 5) is 0. The van der Waals surface area contributed by atoms with E-state index in [1.54, 1.807) is 0 Å². The number of nitrogens with one attached hydrogen (secondary N) is 1. The second-order valence-corrected chi connectivity index (χ2v) is 4.60. The Bertz CT molecular complexity index is 968. The molecule has 0 atom stereocenters. The Morgan fingerprint density at radius 1 is 1.20 bits per heavy atom. The van der Waals surface area contributed by atoms with Crippen molar-refractivity contribution in [3.63, 3.8) is 0 Å². The first-order valence-electron chi connectivity index (χ1n) is 8.91. The van der Waals surface area contributed by atoms with Crippen LogP contribution in [-0.2, 0) is 0 Å². The van der Waals surface area contributed by atoms with Crippen molar-refractivity contribution in [1.29, 1.82) is 0 Å². The van der Waals surface area contributed by atoms with E-state index in [9.17, 15) is 0 Å². The van der Waals surface area contributed by atoms with Gasteiger partial charge in [-0.1, -0.05) is 42.9 Å². The number of rotatable bonds is 4. The molecule has 0 amide bonds. The zero-order valence-corrected chi connectivity index (χ0v) is 10.8. The monoisotopic (exact) mass is 268 g/mol. The van der Waals surface area contributed by atoms with Crippen LogP contribution in [0.1, 0.15) is 19.3 Å². The van der Waals surface area contributed by atoms with Gasteiger partial charge in [-0.15, -0.1) is 0 Å². The Morgan fingerprint density at radius 3 is 2.95 bits per heavy atom. The second kappa shape index (κ2) is 4.89. The summed E-state index contributed by atoms with van der Waals surface area (Å²) in [7, 11) is 0. The van der Waals surface area contributed by atoms with Gasteiger partial charge in [-0.25, -0.2) is 0 Å². The van der Waals surface area contributed by atoms with Crippen LogP contribution < -0.4 is 5.32 Å². The molecule has 0 fully saturated rings. The van der Waals surface area contributed by atoms with Gasteiger partial charge in [-0.3, -0.25) is 0 Å². The largest absolute Gasteiger partial charge is 0.456 e. The summed E-state index contributed by atoms with van der Waals surface area (Å²) in [6.45, 7) is -0.387. The zero-order valence-electron chi connectivity index (χ0n) is 15.8. The van der Waals surface area contributed by atoms with Crippen molar-refractivity contribution in [2.45, 2.75) is 6.85 Å². The molecule has 0 saturated carbocycles. The molecule has 0 bridgehead atoms. The molecule has 2 heteroatoms. The van der Waals surface area contributed by atoms with E-state index < -0.39 is 6.85 Å². The number of hydrogen-bond donors (Lipinski definition) is 1. The molecule has 0 aliphatic rings. The van der Waals surface area contributed by atoms with Gasteiger partial charge in [0.15, 0.2) is 0 Å². The van der Waals surface area contributed by atoms with E-state index in [2.05, 4.69) is 5.32 Å². The molecule has 20 heavy (non-hydrogen) atoms. The van der Waals surface area contributed by atoms with Crippen molar-refractivity contribution in [3.8, 4) is 0 Å². The zero-order chi connectivity index (χ0) is 18.0. The van der Waals surface area contributed by atoms with Crippen LogP contribution in [0.5, 0.6) is 0 Å². The summed E-state index contributed by atoms with van der Waals surface area (Å²) in [5.74, 6) is 0. The van der Waals surface area contributed by atoms with Gasteiger partial charge < -0.3 is 9.73 Å². The van der Waals surface area contributed by atoms with Gasteiger partial charge in [-0.2, -0.15) is 0 Å². The van der Waals surface area contributed by atoms with Gasteiger partial charge in [0.2, 0.25) is 0 Å². The maximum Gasteiger partial charge on any atom is 0.136 e. The van der Waals surface area contributed by atoms with Crippen molar-refractivity contribution >= 4 is 27.6 Å². The standard InChI is InChI=1S/C18H17NO/c1-12(2)11-19-13(3)14-8-9-16-15-6-4-5-7-17(15)20-18(16)10-14/h4-10,19H,1,3,11H2,2H3/i1D,2D3,3D. The van der Waals surface area contributed by atoms with Crippen LogP contribution in [0.2, 0.25) is 0 Å². The minimum atomic E-state index is -2.33. The molecule has 1 heterocycles. The topological polar surface area (TPSA) is 25.2 Å². The Hall–Kier alpha value is -2.48. The normalized spacial score (nSPS) is 17.3. The van der Waals surface area contributed by atoms with Gasteiger partial charge in [0.05, 0.1) is 2.74 Å². The lowest BCUT2D eigenvalue weighted by molar-refractivity contribution is 0.668. The molecule has 3 rings (SSSR count). The van der Waals surface area contributed by atoms with Gasteiger partial charge in [0.25, 0.3) is 0 Å². The minimum absolute atomic E-state index is 0.0170. The van der Waals surface area contributed by atoms with E-state index in [0.717, 1.165) is 35.0 Å².